The van der Waals surface area contributed by atoms with Crippen LogP contribution in [0.4, 0.5) is 0 Å². The predicted octanol–water partition coefficient (Wildman–Crippen LogP) is -0.596. The SMILES string of the molecule is CC(=O)OCCNC(=O)[C@@](O)(C(O)Br)[C@@](Br)(OOC(C)=O)[C@@](OOC(C)=O)(N(C)C(C)=O)[C@@](Br)(OOC(C)=O)C(OC(C)=O)OC(C)=O. The molecule has 0 aliphatic heterocycles. The van der Waals surface area contributed by atoms with Gasteiger partial charge in [0.05, 0.1) is 6.54 Å². The zero-order valence-electron chi connectivity index (χ0n) is 26.5. The summed E-state index contributed by atoms with van der Waals surface area (Å²) in [6.45, 7) is 4.46. The van der Waals surface area contributed by atoms with Gasteiger partial charge < -0.3 is 34.6 Å². The number of nitrogens with zero attached hydrogens (tertiary/aromatic N) is 1. The Bertz CT molecular complexity index is 1240. The lowest BCUT2D eigenvalue weighted by Crippen LogP contribution is -2.85. The maximum Gasteiger partial charge on any atom is 0.339 e. The van der Waals surface area contributed by atoms with E-state index < -0.39 is 92.4 Å². The topological polar surface area (TPSA) is 275 Å². The van der Waals surface area contributed by atoms with Crippen LogP contribution < -0.4 is 5.32 Å². The van der Waals surface area contributed by atoms with Crippen LogP contribution in [0.25, 0.3) is 0 Å². The lowest BCUT2D eigenvalue weighted by Gasteiger charge is -2.57. The first kappa shape index (κ1) is 45.0. The number of esters is 3. The third kappa shape index (κ3) is 10.5. The average molecular weight is 893 g/mol. The zero-order valence-corrected chi connectivity index (χ0v) is 31.2. The van der Waals surface area contributed by atoms with E-state index in [4.69, 9.17) is 33.8 Å². The standard InChI is InChI=1S/C24H33Br3N2O19/c1-11(30)29(8)24(48-45-17(7)36,22(26,46-43-15(5)34)20(41-13(3)32)42-14(4)33)23(27,47-44-16(6)35)21(39,18(25)37)19(38)28-9-10-40-12(2)31/h18,20,37,39H,9-10H2,1-8H3,(H,28,38)/t18?,21-,22-,23+,24+/m0/s1. The number of likely N-dealkylation sites (N-methyl/N-ethyl adjacent to an activating group) is 1. The van der Waals surface area contributed by atoms with Gasteiger partial charge in [0.25, 0.3) is 26.9 Å². The third-order valence-corrected chi connectivity index (χ3v) is 8.38. The molecule has 21 nitrogen and oxygen atoms in total. The van der Waals surface area contributed by atoms with E-state index in [0.717, 1.165) is 55.5 Å². The monoisotopic (exact) mass is 890 g/mol. The number of aliphatic hydroxyl groups excluding tert-OH is 1. The van der Waals surface area contributed by atoms with Crippen molar-refractivity contribution in [2.75, 3.05) is 20.2 Å². The largest absolute Gasteiger partial charge is 0.464 e. The number of carbonyl (C=O) groups is 8. The minimum Gasteiger partial charge on any atom is -0.464 e. The molecule has 1 unspecified atom stereocenters. The van der Waals surface area contributed by atoms with Crippen molar-refractivity contribution >= 4 is 95.4 Å². The fraction of sp³-hybridized carbons (Fsp3) is 0.667. The van der Waals surface area contributed by atoms with Crippen LogP contribution in [0.3, 0.4) is 0 Å². The Morgan fingerprint density at radius 3 is 1.54 bits per heavy atom. The molecule has 0 aliphatic carbocycles. The third-order valence-electron chi connectivity index (χ3n) is 5.40. The summed E-state index contributed by atoms with van der Waals surface area (Å²) >= 11 is 8.32. The van der Waals surface area contributed by atoms with Crippen LogP contribution in [0.15, 0.2) is 0 Å². The van der Waals surface area contributed by atoms with E-state index in [1.165, 1.54) is 0 Å². The van der Waals surface area contributed by atoms with Gasteiger partial charge in [-0.15, -0.1) is 4.89 Å². The molecule has 0 fully saturated rings. The molecule has 24 heteroatoms. The maximum absolute atomic E-state index is 13.8. The number of alkyl halides is 3. The van der Waals surface area contributed by atoms with E-state index in [2.05, 4.69) is 62.9 Å². The molecular formula is C24H33Br3N2O19. The van der Waals surface area contributed by atoms with E-state index in [0.29, 0.717) is 0 Å². The quantitative estimate of drug-likeness (QED) is 0.0387. The Morgan fingerprint density at radius 2 is 1.17 bits per heavy atom. The van der Waals surface area contributed by atoms with Gasteiger partial charge in [-0.1, -0.05) is 15.9 Å². The Kier molecular flexibility index (Phi) is 17.5. The second-order valence-corrected chi connectivity index (χ2v) is 12.3. The van der Waals surface area contributed by atoms with Gasteiger partial charge in [0.2, 0.25) is 11.5 Å². The number of hydrogen-bond acceptors (Lipinski definition) is 19. The summed E-state index contributed by atoms with van der Waals surface area (Å²) in [5.74, 6) is -10.4. The molecule has 0 aromatic heterocycles. The molecule has 0 saturated heterocycles. The maximum atomic E-state index is 13.8. The molecule has 48 heavy (non-hydrogen) atoms. The molecule has 0 radical (unpaired) electrons. The normalized spacial score (nSPS) is 16.6. The second-order valence-electron chi connectivity index (χ2n) is 9.19. The van der Waals surface area contributed by atoms with Crippen LogP contribution in [0.2, 0.25) is 0 Å². The van der Waals surface area contributed by atoms with Gasteiger partial charge in [-0.05, 0) is 31.9 Å². The summed E-state index contributed by atoms with van der Waals surface area (Å²) in [6.07, 6.45) is -2.70. The van der Waals surface area contributed by atoms with Crippen LogP contribution in [-0.4, -0.2) is 115 Å². The first-order valence-electron chi connectivity index (χ1n) is 12.9. The average Bonchev–Trinajstić information content (AvgIpc) is 2.95. The van der Waals surface area contributed by atoms with Crippen molar-refractivity contribution in [3.8, 4) is 0 Å². The van der Waals surface area contributed by atoms with Gasteiger partial charge in [0.1, 0.15) is 6.61 Å². The van der Waals surface area contributed by atoms with Gasteiger partial charge >= 0.3 is 35.8 Å². The fourth-order valence-electron chi connectivity index (χ4n) is 3.42. The summed E-state index contributed by atoms with van der Waals surface area (Å²) in [7, 11) is 0.754. The molecule has 0 spiro atoms. The number of halogens is 3. The van der Waals surface area contributed by atoms with Crippen molar-refractivity contribution in [1.29, 1.82) is 0 Å². The summed E-state index contributed by atoms with van der Waals surface area (Å²) in [5.41, 5.74) is -7.55. The molecule has 5 atom stereocenters. The van der Waals surface area contributed by atoms with Crippen molar-refractivity contribution < 1.29 is 92.1 Å². The summed E-state index contributed by atoms with van der Waals surface area (Å²) in [6, 6.07) is 0. The molecule has 3 N–H and O–H groups in total. The number of hydrogen-bond donors (Lipinski definition) is 3. The smallest absolute Gasteiger partial charge is 0.339 e. The van der Waals surface area contributed by atoms with Gasteiger partial charge in [-0.3, -0.25) is 38.6 Å². The van der Waals surface area contributed by atoms with E-state index in [1.807, 2.05) is 0 Å². The van der Waals surface area contributed by atoms with Gasteiger partial charge in [-0.25, -0.2) is 14.4 Å². The summed E-state index contributed by atoms with van der Waals surface area (Å²) in [4.78, 5) is 129. The van der Waals surface area contributed by atoms with Crippen molar-refractivity contribution in [1.82, 2.24) is 10.2 Å². The highest BCUT2D eigenvalue weighted by molar-refractivity contribution is 9.11. The Morgan fingerprint density at radius 1 is 0.729 bits per heavy atom. The lowest BCUT2D eigenvalue weighted by molar-refractivity contribution is -0.495. The molecule has 0 heterocycles. The van der Waals surface area contributed by atoms with E-state index in [-0.39, 0.29) is 4.90 Å². The van der Waals surface area contributed by atoms with Gasteiger partial charge in [0, 0.05) is 55.5 Å². The molecule has 274 valence electrons. The van der Waals surface area contributed by atoms with Crippen molar-refractivity contribution in [2.24, 2.45) is 0 Å². The first-order valence-corrected chi connectivity index (χ1v) is 15.4. The molecule has 0 aromatic rings. The van der Waals surface area contributed by atoms with Crippen LogP contribution in [0, 0.1) is 0 Å². The number of aliphatic hydroxyl groups is 2. The Hall–Kier alpha value is -3.00. The predicted molar refractivity (Wildman–Crippen MR) is 160 cm³/mol. The molecule has 0 bridgehead atoms. The van der Waals surface area contributed by atoms with Crippen LogP contribution in [0.1, 0.15) is 48.5 Å². The second kappa shape index (κ2) is 18.7. The summed E-state index contributed by atoms with van der Waals surface area (Å²) < 4.78 is 7.65. The molecule has 2 amide bonds. The number of nitrogens with one attached hydrogen (secondary N) is 1. The van der Waals surface area contributed by atoms with Gasteiger partial charge in [-0.2, -0.15) is 9.78 Å². The Labute approximate surface area is 297 Å². The zero-order chi connectivity index (χ0) is 37.8. The molecule has 0 saturated carbocycles. The number of amides is 2. The number of ether oxygens (including phenoxy) is 3. The van der Waals surface area contributed by atoms with E-state index in [1.54, 1.807) is 0 Å². The molecule has 0 aliphatic rings. The summed E-state index contributed by atoms with van der Waals surface area (Å²) in [5, 5.41) is 22.6. The number of rotatable bonds is 18. The van der Waals surface area contributed by atoms with Crippen LogP contribution >= 0.6 is 47.8 Å². The highest BCUT2D eigenvalue weighted by Gasteiger charge is 2.85. The van der Waals surface area contributed by atoms with Crippen molar-refractivity contribution in [3.63, 3.8) is 0 Å². The van der Waals surface area contributed by atoms with Gasteiger partial charge in [0.15, 0.2) is 5.01 Å². The first-order chi connectivity index (χ1) is 21.9. The minimum atomic E-state index is -3.81. The minimum absolute atomic E-state index is 0.249. The van der Waals surface area contributed by atoms with Crippen LogP contribution in [-0.2, 0) is 81.9 Å². The fourth-order valence-corrected chi connectivity index (χ4v) is 6.48. The van der Waals surface area contributed by atoms with E-state index >= 15 is 0 Å². The highest BCUT2D eigenvalue weighted by Crippen LogP contribution is 2.58. The van der Waals surface area contributed by atoms with E-state index in [9.17, 15) is 48.6 Å². The number of carbonyl (C=O) groups excluding carboxylic acids is 8. The molecular weight excluding hydrogens is 860 g/mol. The molecule has 0 aromatic carbocycles. The lowest BCUT2D eigenvalue weighted by atomic mass is 9.83. The van der Waals surface area contributed by atoms with Crippen LogP contribution in [0.5, 0.6) is 0 Å². The molecule has 0 rings (SSSR count). The Balaban J connectivity index is 8.70. The highest BCUT2D eigenvalue weighted by atomic mass is 79.9. The van der Waals surface area contributed by atoms with Crippen molar-refractivity contribution in [3.05, 3.63) is 0 Å². The van der Waals surface area contributed by atoms with Crippen molar-refractivity contribution in [2.45, 2.75) is 80.1 Å².